The summed E-state index contributed by atoms with van der Waals surface area (Å²) >= 11 is 1.70. The van der Waals surface area contributed by atoms with Gasteiger partial charge in [0.15, 0.2) is 6.04 Å². The van der Waals surface area contributed by atoms with Crippen LogP contribution in [0, 0.1) is 0 Å². The largest absolute Gasteiger partial charge is 1.00 e. The molecule has 10 amide bonds. The van der Waals surface area contributed by atoms with E-state index in [2.05, 4.69) is 36.3 Å². The quantitative estimate of drug-likeness (QED) is 0.00846. The van der Waals surface area contributed by atoms with E-state index in [9.17, 15) is 78.7 Å². The Kier molecular flexibility index (Phi) is 23.2. The molecule has 6 N–H and O–H groups in total. The number of amides is 10. The summed E-state index contributed by atoms with van der Waals surface area (Å²) in [4.78, 5) is 145. The molecule has 0 aliphatic carbocycles. The molecule has 68 heavy (non-hydrogen) atoms. The van der Waals surface area contributed by atoms with Crippen LogP contribution < -0.4 is 91.0 Å². The first-order valence-electron chi connectivity index (χ1n) is 21.7. The second-order valence-corrected chi connectivity index (χ2v) is 21.0. The third kappa shape index (κ3) is 19.1. The van der Waals surface area contributed by atoms with E-state index >= 15 is 0 Å². The Morgan fingerprint density at radius 1 is 0.735 bits per heavy atom. The average molecular weight is 1080 g/mol. The van der Waals surface area contributed by atoms with E-state index < -0.39 is 153 Å². The van der Waals surface area contributed by atoms with E-state index in [1.807, 2.05) is 5.32 Å². The zero-order valence-electron chi connectivity index (χ0n) is 40.3. The fourth-order valence-corrected chi connectivity index (χ4v) is 10.6. The molecule has 4 saturated heterocycles. The SMILES string of the molecule is [2H]C([2H])(NC(=O)CCCC[C@@H]1SC[C@@H]2NC(=O)N[C@@H]21)C([2H])([2H])SSCCC(=O)NC(C(=O)NCCCC(=O)ON1C(=O)CC(S(=O)(=O)[O-])C1=O)C(=O)NCCCC(=O)ON1C(=O)CC(S(=O)(=O)[O-])C1=O.[Na+].[Na+]. The number of hydroxylamine groups is 4. The minimum absolute atomic E-state index is 0. The molecule has 0 aromatic rings. The van der Waals surface area contributed by atoms with E-state index in [1.54, 1.807) is 11.8 Å². The van der Waals surface area contributed by atoms with Gasteiger partial charge in [-0.15, -0.1) is 10.1 Å². The number of imide groups is 2. The topological polar surface area (TPSA) is 399 Å². The molecule has 34 heteroatoms. The summed E-state index contributed by atoms with van der Waals surface area (Å²) in [7, 11) is -9.47. The number of hydrogen-bond acceptors (Lipinski definition) is 22. The molecule has 0 aromatic heterocycles. The van der Waals surface area contributed by atoms with E-state index in [4.69, 9.17) is 5.48 Å². The number of unbranched alkanes of at least 4 members (excludes halogenated alkanes) is 1. The van der Waals surface area contributed by atoms with Gasteiger partial charge in [0, 0.05) is 70.5 Å². The average Bonchev–Trinajstić information content (AvgIpc) is 3.98. The van der Waals surface area contributed by atoms with E-state index in [-0.39, 0.29) is 118 Å². The van der Waals surface area contributed by atoms with Crippen LogP contribution in [0.3, 0.4) is 0 Å². The first-order chi connectivity index (χ1) is 32.5. The number of nitrogens with one attached hydrogen (secondary N) is 6. The van der Waals surface area contributed by atoms with E-state index in [1.165, 1.54) is 0 Å². The van der Waals surface area contributed by atoms with Crippen molar-refractivity contribution in [1.29, 1.82) is 0 Å². The van der Waals surface area contributed by atoms with Crippen molar-refractivity contribution in [2.75, 3.05) is 36.8 Å². The second kappa shape index (κ2) is 28.9. The summed E-state index contributed by atoms with van der Waals surface area (Å²) in [6.07, 6.45) is -2.89. The van der Waals surface area contributed by atoms with Crippen LogP contribution in [-0.4, -0.2) is 172 Å². The number of carbonyl (C=O) groups is 11. The van der Waals surface area contributed by atoms with Gasteiger partial charge in [0.05, 0.1) is 27.7 Å². The van der Waals surface area contributed by atoms with Crippen LogP contribution in [0.25, 0.3) is 0 Å². The van der Waals surface area contributed by atoms with Gasteiger partial charge in [0.1, 0.15) is 30.7 Å². The molecule has 368 valence electrons. The zero-order valence-corrected chi connectivity index (χ0v) is 44.3. The normalized spacial score (nSPS) is 22.7. The third-order valence-corrected chi connectivity index (χ3v) is 15.0. The Labute approximate surface area is 451 Å². The maximum Gasteiger partial charge on any atom is 1.00 e. The Bertz CT molecular complexity index is 2240. The van der Waals surface area contributed by atoms with E-state index in [0.29, 0.717) is 40.9 Å². The molecule has 0 bridgehead atoms. The van der Waals surface area contributed by atoms with Crippen LogP contribution in [0.1, 0.15) is 76.1 Å². The summed E-state index contributed by atoms with van der Waals surface area (Å²) < 4.78 is 100. The van der Waals surface area contributed by atoms with Crippen LogP contribution in [0.2, 0.25) is 0 Å². The summed E-state index contributed by atoms with van der Waals surface area (Å²) in [5.41, 5.74) is -2.74. The molecule has 4 heterocycles. The standard InChI is InChI=1S/C34H48N8O19S5.2Na/c43-22(6-2-1-5-19-28-18(17-62-19)38-34(53)40-28)35-12-14-64-63-13-9-23(44)39-29(30(49)36-10-3-7-26(47)60-41-24(45)15-20(32(41)51)65(54,55)56)31(50)37-11-4-8-27(48)61-42-25(46)16-21(33(42)52)66(57,58)59;;/h18-21,28-29H,1-17H2,(H,35,43)(H,36,49)(H,37,50)(H,39,44)(H2,38,40,53)(H,54,55,56)(H,57,58,59);;/q;2*+1/p-2/t18-,19-,20?,21?,28-,29?;;/m0../s1/i12D2,14D2;;. The fraction of sp³-hybridized carbons (Fsp3) is 0.676. The van der Waals surface area contributed by atoms with Crippen molar-refractivity contribution in [2.45, 2.75) is 105 Å². The fourth-order valence-electron chi connectivity index (χ4n) is 6.34. The van der Waals surface area contributed by atoms with Crippen molar-refractivity contribution in [3.8, 4) is 0 Å². The molecule has 0 spiro atoms. The maximum atomic E-state index is 13.2. The van der Waals surface area contributed by atoms with Crippen molar-refractivity contribution in [2.24, 2.45) is 0 Å². The van der Waals surface area contributed by atoms with Crippen LogP contribution in [0.5, 0.6) is 0 Å². The molecule has 0 aromatic carbocycles. The molecule has 4 aliphatic rings. The van der Waals surface area contributed by atoms with Crippen LogP contribution in [0.15, 0.2) is 0 Å². The molecule has 2 unspecified atom stereocenters. The number of rotatable bonds is 27. The van der Waals surface area contributed by atoms with Gasteiger partial charge in [-0.05, 0) is 25.7 Å². The predicted molar refractivity (Wildman–Crippen MR) is 225 cm³/mol. The Morgan fingerprint density at radius 2 is 1.26 bits per heavy atom. The predicted octanol–water partition coefficient (Wildman–Crippen LogP) is -9.85. The van der Waals surface area contributed by atoms with Crippen molar-refractivity contribution in [3.05, 3.63) is 0 Å². The molecule has 4 fully saturated rings. The van der Waals surface area contributed by atoms with E-state index in [0.717, 1.165) is 5.75 Å². The summed E-state index contributed by atoms with van der Waals surface area (Å²) in [5.74, 6) is -11.8. The Morgan fingerprint density at radius 3 is 1.76 bits per heavy atom. The van der Waals surface area contributed by atoms with Gasteiger partial charge in [-0.25, -0.2) is 31.2 Å². The number of urea groups is 1. The first kappa shape index (κ1) is 54.6. The van der Waals surface area contributed by atoms with Gasteiger partial charge in [-0.2, -0.15) is 11.8 Å². The van der Waals surface area contributed by atoms with Gasteiger partial charge < -0.3 is 50.7 Å². The summed E-state index contributed by atoms with van der Waals surface area (Å²) in [5, 5.41) is 9.59. The number of hydrogen-bond donors (Lipinski definition) is 6. The van der Waals surface area contributed by atoms with Gasteiger partial charge in [-0.3, -0.25) is 38.4 Å². The molecular weight excluding hydrogens is 1030 g/mol. The molecule has 0 radical (unpaired) electrons. The minimum Gasteiger partial charge on any atom is -0.747 e. The van der Waals surface area contributed by atoms with Crippen LogP contribution in [0.4, 0.5) is 4.79 Å². The molecule has 5 atom stereocenters. The van der Waals surface area contributed by atoms with Crippen LogP contribution in [-0.2, 0) is 77.9 Å². The molecular formula is C34H46N8Na2O19S5. The van der Waals surface area contributed by atoms with Gasteiger partial charge >= 0.3 is 77.1 Å². The second-order valence-electron chi connectivity index (χ2n) is 14.4. The summed E-state index contributed by atoms with van der Waals surface area (Å²) in [6, 6.07) is -2.26. The number of nitrogens with zero attached hydrogens (tertiary/aromatic N) is 2. The Hall–Kier alpha value is -2.76. The smallest absolute Gasteiger partial charge is 0.747 e. The van der Waals surface area contributed by atoms with Crippen molar-refractivity contribution < 1.29 is 153 Å². The third-order valence-electron chi connectivity index (χ3n) is 9.60. The van der Waals surface area contributed by atoms with Crippen molar-refractivity contribution in [1.82, 2.24) is 42.0 Å². The van der Waals surface area contributed by atoms with Gasteiger partial charge in [0.2, 0.25) is 11.8 Å². The molecule has 27 nitrogen and oxygen atoms in total. The Balaban J connectivity index is 0.00000888. The number of carbonyl (C=O) groups excluding carboxylic acids is 11. The monoisotopic (exact) mass is 1080 g/mol. The maximum absolute atomic E-state index is 13.2. The van der Waals surface area contributed by atoms with Crippen LogP contribution >= 0.6 is 33.3 Å². The minimum atomic E-state index is -5.25. The number of fused-ring (bicyclic) bond motifs is 1. The number of thioether (sulfide) groups is 1. The first-order valence-corrected chi connectivity index (χ1v) is 26.0. The molecule has 0 saturated carbocycles. The molecule has 4 aliphatic heterocycles. The molecule has 4 rings (SSSR count). The van der Waals surface area contributed by atoms with Gasteiger partial charge in [0.25, 0.3) is 35.4 Å². The van der Waals surface area contributed by atoms with Crippen molar-refractivity contribution >= 4 is 119 Å². The van der Waals surface area contributed by atoms with Gasteiger partial charge in [-0.1, -0.05) is 28.0 Å². The zero-order chi connectivity index (χ0) is 52.4. The van der Waals surface area contributed by atoms with Crippen molar-refractivity contribution in [3.63, 3.8) is 0 Å². The summed E-state index contributed by atoms with van der Waals surface area (Å²) in [6.45, 7) is -3.74.